The number of para-hydroxylation sites is 1. The van der Waals surface area contributed by atoms with Gasteiger partial charge in [-0.2, -0.15) is 5.10 Å². The lowest BCUT2D eigenvalue weighted by Crippen LogP contribution is -2.31. The summed E-state index contributed by atoms with van der Waals surface area (Å²) in [4.78, 5) is 24.5. The van der Waals surface area contributed by atoms with Crippen LogP contribution in [0.4, 0.5) is 5.13 Å². The molecule has 7 heteroatoms. The zero-order valence-corrected chi connectivity index (χ0v) is 18.5. The number of rotatable bonds is 6. The molecule has 0 N–H and O–H groups in total. The van der Waals surface area contributed by atoms with Gasteiger partial charge in [-0.1, -0.05) is 43.4 Å². The van der Waals surface area contributed by atoms with Crippen LogP contribution in [0.5, 0.6) is 0 Å². The number of hydrogen-bond donors (Lipinski definition) is 0. The highest BCUT2D eigenvalue weighted by atomic mass is 32.1. The van der Waals surface area contributed by atoms with Crippen LogP contribution in [0.15, 0.2) is 48.7 Å². The molecular weight excluding hydrogens is 394 g/mol. The molecule has 0 spiro atoms. The van der Waals surface area contributed by atoms with Crippen molar-refractivity contribution in [2.24, 2.45) is 0 Å². The summed E-state index contributed by atoms with van der Waals surface area (Å²) in [5.41, 5.74) is 4.34. The Balaban J connectivity index is 1.80. The van der Waals surface area contributed by atoms with Gasteiger partial charge in [-0.05, 0) is 49.6 Å². The second-order valence-electron chi connectivity index (χ2n) is 7.54. The molecule has 0 saturated heterocycles. The molecule has 0 fully saturated rings. The summed E-state index contributed by atoms with van der Waals surface area (Å²) in [5.74, 6) is 0.188. The Hall–Kier alpha value is -3.06. The first-order valence-corrected chi connectivity index (χ1v) is 10.9. The van der Waals surface area contributed by atoms with E-state index in [1.54, 1.807) is 11.1 Å². The van der Waals surface area contributed by atoms with Gasteiger partial charge < -0.3 is 0 Å². The number of aromatic nitrogens is 4. The Morgan fingerprint density at radius 2 is 2.03 bits per heavy atom. The fraction of sp³-hybridized carbons (Fsp3) is 0.304. The number of carbonyl (C=O) groups excluding carboxylic acids is 1. The van der Waals surface area contributed by atoms with Gasteiger partial charge in [-0.3, -0.25) is 19.4 Å². The summed E-state index contributed by atoms with van der Waals surface area (Å²) in [5, 5.41) is 5.16. The third-order valence-electron chi connectivity index (χ3n) is 5.08. The molecule has 3 aromatic heterocycles. The third-order valence-corrected chi connectivity index (χ3v) is 6.13. The fourth-order valence-electron chi connectivity index (χ4n) is 3.49. The van der Waals surface area contributed by atoms with Crippen LogP contribution in [0.3, 0.4) is 0 Å². The van der Waals surface area contributed by atoms with Crippen molar-refractivity contribution in [3.05, 3.63) is 71.3 Å². The maximum absolute atomic E-state index is 13.5. The van der Waals surface area contributed by atoms with Crippen molar-refractivity contribution in [3.63, 3.8) is 0 Å². The molecule has 3 heterocycles. The molecule has 0 bridgehead atoms. The Labute approximate surface area is 180 Å². The molecule has 1 aromatic carbocycles. The first kappa shape index (κ1) is 20.2. The Morgan fingerprint density at radius 3 is 2.70 bits per heavy atom. The van der Waals surface area contributed by atoms with Gasteiger partial charge in [0.1, 0.15) is 0 Å². The lowest BCUT2D eigenvalue weighted by Gasteiger charge is -2.18. The van der Waals surface area contributed by atoms with Crippen molar-refractivity contribution in [2.45, 2.75) is 46.7 Å². The van der Waals surface area contributed by atoms with Gasteiger partial charge in [-0.15, -0.1) is 0 Å². The van der Waals surface area contributed by atoms with Gasteiger partial charge >= 0.3 is 0 Å². The van der Waals surface area contributed by atoms with Gasteiger partial charge in [0.2, 0.25) is 0 Å². The van der Waals surface area contributed by atoms with Crippen LogP contribution in [0, 0.1) is 6.92 Å². The van der Waals surface area contributed by atoms with E-state index in [1.807, 2.05) is 42.8 Å². The van der Waals surface area contributed by atoms with E-state index in [9.17, 15) is 4.79 Å². The highest BCUT2D eigenvalue weighted by molar-refractivity contribution is 7.22. The average Bonchev–Trinajstić information content (AvgIpc) is 3.35. The number of carbonyl (C=O) groups is 1. The minimum Gasteiger partial charge on any atom is -0.276 e. The second-order valence-corrected chi connectivity index (χ2v) is 8.55. The molecule has 0 saturated carbocycles. The van der Waals surface area contributed by atoms with Gasteiger partial charge in [0.25, 0.3) is 5.91 Å². The van der Waals surface area contributed by atoms with E-state index in [4.69, 9.17) is 4.98 Å². The number of nitrogens with zero attached hydrogens (tertiary/aromatic N) is 5. The van der Waals surface area contributed by atoms with E-state index in [-0.39, 0.29) is 5.91 Å². The SMILES string of the molecule is CCn1nc(C(=O)N(Cc2ccccn2)c2nc3c(C(C)C)cccc3s2)cc1C. The molecule has 1 amide bonds. The molecule has 0 atom stereocenters. The normalized spacial score (nSPS) is 11.4. The zero-order chi connectivity index (χ0) is 21.3. The minimum absolute atomic E-state index is 0.166. The van der Waals surface area contributed by atoms with Crippen LogP contribution < -0.4 is 4.90 Å². The van der Waals surface area contributed by atoms with E-state index in [1.165, 1.54) is 16.9 Å². The maximum atomic E-state index is 13.5. The molecule has 0 aliphatic heterocycles. The summed E-state index contributed by atoms with van der Waals surface area (Å²) >= 11 is 1.53. The highest BCUT2D eigenvalue weighted by Crippen LogP contribution is 2.34. The van der Waals surface area contributed by atoms with Crippen molar-refractivity contribution in [2.75, 3.05) is 4.90 Å². The predicted molar refractivity (Wildman–Crippen MR) is 121 cm³/mol. The standard InChI is InChI=1S/C23H25N5OS/c1-5-28-16(4)13-19(26-28)22(29)27(14-17-9-6-7-12-24-17)23-25-21-18(15(2)3)10-8-11-20(21)30-23/h6-13,15H,5,14H2,1-4H3. The van der Waals surface area contributed by atoms with E-state index >= 15 is 0 Å². The third kappa shape index (κ3) is 3.85. The number of hydrogen-bond acceptors (Lipinski definition) is 5. The molecule has 0 aliphatic rings. The summed E-state index contributed by atoms with van der Waals surface area (Å²) in [6.45, 7) is 9.35. The van der Waals surface area contributed by atoms with Gasteiger partial charge in [0, 0.05) is 18.4 Å². The smallest absolute Gasteiger partial charge is 0.276 e. The van der Waals surface area contributed by atoms with Crippen LogP contribution in [0.1, 0.15) is 54.1 Å². The average molecular weight is 420 g/mol. The molecule has 6 nitrogen and oxygen atoms in total. The largest absolute Gasteiger partial charge is 0.280 e. The minimum atomic E-state index is -0.166. The number of aryl methyl sites for hydroxylation is 2. The number of fused-ring (bicyclic) bond motifs is 1. The van der Waals surface area contributed by atoms with Crippen molar-refractivity contribution >= 4 is 32.6 Å². The first-order chi connectivity index (χ1) is 14.5. The summed E-state index contributed by atoms with van der Waals surface area (Å²) in [6.07, 6.45) is 1.74. The highest BCUT2D eigenvalue weighted by Gasteiger charge is 2.25. The topological polar surface area (TPSA) is 63.9 Å². The molecule has 0 unspecified atom stereocenters. The molecule has 30 heavy (non-hydrogen) atoms. The summed E-state index contributed by atoms with van der Waals surface area (Å²) in [7, 11) is 0. The van der Waals surface area contributed by atoms with Gasteiger partial charge in [-0.25, -0.2) is 4.98 Å². The Morgan fingerprint density at radius 1 is 1.20 bits per heavy atom. The quantitative estimate of drug-likeness (QED) is 0.432. The number of pyridine rings is 1. The van der Waals surface area contributed by atoms with E-state index in [0.29, 0.717) is 23.3 Å². The van der Waals surface area contributed by atoms with Crippen molar-refractivity contribution < 1.29 is 4.79 Å². The van der Waals surface area contributed by atoms with Crippen LogP contribution >= 0.6 is 11.3 Å². The van der Waals surface area contributed by atoms with Gasteiger partial charge in [0.15, 0.2) is 10.8 Å². The number of thiazole rings is 1. The van der Waals surface area contributed by atoms with Crippen LogP contribution in [-0.4, -0.2) is 25.7 Å². The monoisotopic (exact) mass is 419 g/mol. The van der Waals surface area contributed by atoms with Crippen LogP contribution in [0.25, 0.3) is 10.2 Å². The second kappa shape index (κ2) is 8.36. The Bertz CT molecular complexity index is 1180. The van der Waals surface area contributed by atoms with Crippen molar-refractivity contribution in [1.29, 1.82) is 0 Å². The predicted octanol–water partition coefficient (Wildman–Crippen LogP) is 5.19. The van der Waals surface area contributed by atoms with Crippen LogP contribution in [-0.2, 0) is 13.1 Å². The van der Waals surface area contributed by atoms with E-state index < -0.39 is 0 Å². The van der Waals surface area contributed by atoms with Crippen LogP contribution in [0.2, 0.25) is 0 Å². The molecule has 4 aromatic rings. The maximum Gasteiger partial charge on any atom is 0.280 e. The molecule has 0 radical (unpaired) electrons. The fourth-order valence-corrected chi connectivity index (χ4v) is 4.49. The summed E-state index contributed by atoms with van der Waals surface area (Å²) in [6, 6.07) is 13.8. The number of amides is 1. The molecular formula is C23H25N5OS. The molecule has 0 aliphatic carbocycles. The zero-order valence-electron chi connectivity index (χ0n) is 17.7. The van der Waals surface area contributed by atoms with Gasteiger partial charge in [0.05, 0.1) is 22.5 Å². The Kier molecular flexibility index (Phi) is 5.63. The number of anilines is 1. The van der Waals surface area contributed by atoms with E-state index in [2.05, 4.69) is 42.1 Å². The summed E-state index contributed by atoms with van der Waals surface area (Å²) < 4.78 is 2.91. The lowest BCUT2D eigenvalue weighted by molar-refractivity contribution is 0.0979. The lowest BCUT2D eigenvalue weighted by atomic mass is 10.0. The first-order valence-electron chi connectivity index (χ1n) is 10.1. The van der Waals surface area contributed by atoms with Crippen molar-refractivity contribution in [1.82, 2.24) is 19.7 Å². The van der Waals surface area contributed by atoms with E-state index in [0.717, 1.165) is 28.1 Å². The molecule has 4 rings (SSSR count). The number of benzene rings is 1. The van der Waals surface area contributed by atoms with Crippen molar-refractivity contribution in [3.8, 4) is 0 Å². The molecule has 154 valence electrons.